The van der Waals surface area contributed by atoms with Gasteiger partial charge in [-0.05, 0) is 49.1 Å². The summed E-state index contributed by atoms with van der Waals surface area (Å²) in [6, 6.07) is 20.7. The number of benzene rings is 3. The van der Waals surface area contributed by atoms with Gasteiger partial charge in [0.1, 0.15) is 6.04 Å². The highest BCUT2D eigenvalue weighted by atomic mass is 35.5. The normalized spacial score (nSPS) is 15.7. The Kier molecular flexibility index (Phi) is 10.2. The standard InChI is InChI=1S/C34H35Cl2N3O4/c35-28-17-9-18-29(36)27(28)22-39(31(40)19-10-20-38-33(42)25-15-7-8-16-26(25)34(38)43)30(21-23-11-3-1-4-12-23)32(41)37-24-13-5-2-6-14-24/h1,3-4,7-9,11-12,15-18,24,30H,2,5-6,10,13-14,19-22H2,(H,37,41)/t30-/m0/s1. The molecule has 3 aromatic carbocycles. The molecule has 0 spiro atoms. The number of carbonyl (C=O) groups is 4. The van der Waals surface area contributed by atoms with Crippen molar-refractivity contribution >= 4 is 46.8 Å². The number of hydrogen-bond donors (Lipinski definition) is 1. The van der Waals surface area contributed by atoms with Crippen molar-refractivity contribution in [3.05, 3.63) is 105 Å². The molecule has 43 heavy (non-hydrogen) atoms. The summed E-state index contributed by atoms with van der Waals surface area (Å²) in [7, 11) is 0. The Morgan fingerprint density at radius 1 is 0.837 bits per heavy atom. The molecule has 1 saturated carbocycles. The van der Waals surface area contributed by atoms with Crippen LogP contribution in [0.3, 0.4) is 0 Å². The molecule has 1 aliphatic heterocycles. The number of hydrogen-bond acceptors (Lipinski definition) is 4. The van der Waals surface area contributed by atoms with Crippen molar-refractivity contribution in [1.29, 1.82) is 0 Å². The van der Waals surface area contributed by atoms with Gasteiger partial charge in [-0.3, -0.25) is 24.1 Å². The average Bonchev–Trinajstić information content (AvgIpc) is 3.26. The van der Waals surface area contributed by atoms with E-state index >= 15 is 0 Å². The molecule has 0 radical (unpaired) electrons. The van der Waals surface area contributed by atoms with Crippen LogP contribution in [0.4, 0.5) is 0 Å². The summed E-state index contributed by atoms with van der Waals surface area (Å²) >= 11 is 13.1. The van der Waals surface area contributed by atoms with Crippen LogP contribution in [-0.2, 0) is 22.6 Å². The van der Waals surface area contributed by atoms with Crippen molar-refractivity contribution < 1.29 is 19.2 Å². The molecule has 224 valence electrons. The molecule has 5 rings (SSSR count). The third-order valence-corrected chi connectivity index (χ3v) is 8.97. The molecule has 1 heterocycles. The minimum absolute atomic E-state index is 0.0253. The van der Waals surface area contributed by atoms with Gasteiger partial charge < -0.3 is 10.2 Å². The number of halogens is 2. The molecule has 3 aromatic rings. The Bertz CT molecular complexity index is 1430. The summed E-state index contributed by atoms with van der Waals surface area (Å²) < 4.78 is 0. The van der Waals surface area contributed by atoms with Crippen molar-refractivity contribution in [2.75, 3.05) is 6.54 Å². The lowest BCUT2D eigenvalue weighted by atomic mass is 9.94. The maximum atomic E-state index is 14.0. The van der Waals surface area contributed by atoms with Crippen LogP contribution < -0.4 is 5.32 Å². The predicted octanol–water partition coefficient (Wildman–Crippen LogP) is 6.46. The molecule has 0 bridgehead atoms. The first kappa shape index (κ1) is 30.8. The molecule has 1 N–H and O–H groups in total. The van der Waals surface area contributed by atoms with Crippen LogP contribution in [0.25, 0.3) is 0 Å². The molecule has 0 saturated heterocycles. The van der Waals surface area contributed by atoms with E-state index in [1.54, 1.807) is 47.4 Å². The van der Waals surface area contributed by atoms with E-state index in [0.717, 1.165) is 37.7 Å². The summed E-state index contributed by atoms with van der Waals surface area (Å²) in [6.45, 7) is 0.135. The van der Waals surface area contributed by atoms with Crippen LogP contribution >= 0.6 is 23.2 Å². The van der Waals surface area contributed by atoms with Gasteiger partial charge in [0.25, 0.3) is 11.8 Å². The Morgan fingerprint density at radius 2 is 1.44 bits per heavy atom. The zero-order valence-corrected chi connectivity index (χ0v) is 25.4. The van der Waals surface area contributed by atoms with Crippen molar-refractivity contribution in [1.82, 2.24) is 15.1 Å². The molecule has 1 aliphatic carbocycles. The number of nitrogens with one attached hydrogen (secondary N) is 1. The fourth-order valence-electron chi connectivity index (χ4n) is 5.93. The second-order valence-corrected chi connectivity index (χ2v) is 12.0. The highest BCUT2D eigenvalue weighted by Crippen LogP contribution is 2.28. The molecule has 7 nitrogen and oxygen atoms in total. The lowest BCUT2D eigenvalue weighted by Crippen LogP contribution is -2.53. The van der Waals surface area contributed by atoms with Gasteiger partial charge in [-0.2, -0.15) is 0 Å². The number of imide groups is 1. The summed E-state index contributed by atoms with van der Waals surface area (Å²) in [5.41, 5.74) is 2.22. The first-order valence-electron chi connectivity index (χ1n) is 14.9. The molecule has 0 unspecified atom stereocenters. The van der Waals surface area contributed by atoms with Gasteiger partial charge in [-0.25, -0.2) is 0 Å². The van der Waals surface area contributed by atoms with Crippen molar-refractivity contribution in [3.63, 3.8) is 0 Å². The maximum absolute atomic E-state index is 14.0. The molecular weight excluding hydrogens is 585 g/mol. The van der Waals surface area contributed by atoms with Crippen molar-refractivity contribution in [3.8, 4) is 0 Å². The van der Waals surface area contributed by atoms with E-state index in [9.17, 15) is 19.2 Å². The summed E-state index contributed by atoms with van der Waals surface area (Å²) in [6.07, 6.45) is 5.68. The van der Waals surface area contributed by atoms with E-state index in [1.807, 2.05) is 30.3 Å². The summed E-state index contributed by atoms with van der Waals surface area (Å²) in [5, 5.41) is 4.03. The number of carbonyl (C=O) groups excluding carboxylic acids is 4. The van der Waals surface area contributed by atoms with Gasteiger partial charge in [-0.15, -0.1) is 0 Å². The molecular formula is C34H35Cl2N3O4. The molecule has 9 heteroatoms. The zero-order chi connectivity index (χ0) is 30.3. The van der Waals surface area contributed by atoms with Crippen LogP contribution in [0, 0.1) is 0 Å². The molecule has 1 atom stereocenters. The van der Waals surface area contributed by atoms with Gasteiger partial charge >= 0.3 is 0 Å². The predicted molar refractivity (Wildman–Crippen MR) is 167 cm³/mol. The Hall–Kier alpha value is -3.68. The van der Waals surface area contributed by atoms with E-state index in [-0.39, 0.29) is 55.6 Å². The summed E-state index contributed by atoms with van der Waals surface area (Å²) in [4.78, 5) is 56.4. The third kappa shape index (κ3) is 7.28. The Labute approximate surface area is 262 Å². The van der Waals surface area contributed by atoms with Crippen LogP contribution in [0.15, 0.2) is 72.8 Å². The lowest BCUT2D eigenvalue weighted by molar-refractivity contribution is -0.141. The number of nitrogens with zero attached hydrogens (tertiary/aromatic N) is 2. The van der Waals surface area contributed by atoms with Gasteiger partial charge in [0.2, 0.25) is 11.8 Å². The first-order chi connectivity index (χ1) is 20.8. The molecule has 0 aromatic heterocycles. The Morgan fingerprint density at radius 3 is 2.07 bits per heavy atom. The van der Waals surface area contributed by atoms with E-state index in [2.05, 4.69) is 5.32 Å². The highest BCUT2D eigenvalue weighted by molar-refractivity contribution is 6.36. The molecule has 4 amide bonds. The van der Waals surface area contributed by atoms with Crippen molar-refractivity contribution in [2.24, 2.45) is 0 Å². The van der Waals surface area contributed by atoms with Crippen LogP contribution in [0.2, 0.25) is 10.0 Å². The molecule has 2 aliphatic rings. The maximum Gasteiger partial charge on any atom is 0.261 e. The van der Waals surface area contributed by atoms with Gasteiger partial charge in [-0.1, -0.05) is 91.0 Å². The number of amides is 4. The van der Waals surface area contributed by atoms with E-state index in [0.29, 0.717) is 33.2 Å². The number of fused-ring (bicyclic) bond motifs is 1. The fraction of sp³-hybridized carbons (Fsp3) is 0.353. The van der Waals surface area contributed by atoms with E-state index in [4.69, 9.17) is 23.2 Å². The van der Waals surface area contributed by atoms with E-state index < -0.39 is 6.04 Å². The van der Waals surface area contributed by atoms with E-state index in [1.165, 1.54) is 4.90 Å². The first-order valence-corrected chi connectivity index (χ1v) is 15.6. The highest BCUT2D eigenvalue weighted by Gasteiger charge is 2.36. The Balaban J connectivity index is 1.38. The van der Waals surface area contributed by atoms with Crippen LogP contribution in [0.5, 0.6) is 0 Å². The monoisotopic (exact) mass is 619 g/mol. The van der Waals surface area contributed by atoms with Crippen LogP contribution in [-0.4, -0.2) is 52.1 Å². The minimum atomic E-state index is -0.816. The summed E-state index contributed by atoms with van der Waals surface area (Å²) in [5.74, 6) is -1.22. The molecule has 1 fully saturated rings. The van der Waals surface area contributed by atoms with Gasteiger partial charge in [0.05, 0.1) is 11.1 Å². The zero-order valence-electron chi connectivity index (χ0n) is 23.9. The fourth-order valence-corrected chi connectivity index (χ4v) is 6.44. The average molecular weight is 621 g/mol. The quantitative estimate of drug-likeness (QED) is 0.250. The minimum Gasteiger partial charge on any atom is -0.352 e. The van der Waals surface area contributed by atoms with Gasteiger partial charge in [0.15, 0.2) is 0 Å². The lowest BCUT2D eigenvalue weighted by Gasteiger charge is -2.34. The smallest absolute Gasteiger partial charge is 0.261 e. The number of rotatable bonds is 11. The largest absolute Gasteiger partial charge is 0.352 e. The SMILES string of the molecule is O=C(NC1CCCCC1)[C@H](Cc1ccccc1)N(Cc1c(Cl)cccc1Cl)C(=O)CCCN1C(=O)c2ccccc2C1=O. The second-order valence-electron chi connectivity index (χ2n) is 11.2. The van der Waals surface area contributed by atoms with Crippen LogP contribution in [0.1, 0.15) is 76.8 Å². The van der Waals surface area contributed by atoms with Gasteiger partial charge in [0, 0.05) is 47.6 Å². The topological polar surface area (TPSA) is 86.8 Å². The van der Waals surface area contributed by atoms with Crippen molar-refractivity contribution in [2.45, 2.75) is 70.0 Å². The second kappa shape index (κ2) is 14.2. The third-order valence-electron chi connectivity index (χ3n) is 8.26.